The van der Waals surface area contributed by atoms with Crippen LogP contribution in [0, 0.1) is 0 Å². The Morgan fingerprint density at radius 1 is 0.960 bits per heavy atom. The van der Waals surface area contributed by atoms with Crippen LogP contribution in [0.3, 0.4) is 0 Å². The third kappa shape index (κ3) is 3.72. The van der Waals surface area contributed by atoms with Crippen molar-refractivity contribution in [2.75, 3.05) is 40.4 Å². The first-order chi connectivity index (χ1) is 12.2. The van der Waals surface area contributed by atoms with Crippen molar-refractivity contribution >= 4 is 23.2 Å². The maximum Gasteiger partial charge on any atom is 0.165 e. The Hall–Kier alpha value is -1.46. The number of nitrogens with zero attached hydrogens (tertiary/aromatic N) is 1. The summed E-state index contributed by atoms with van der Waals surface area (Å²) in [6, 6.07) is 11.7. The summed E-state index contributed by atoms with van der Waals surface area (Å²) in [5, 5.41) is 4.53. The first-order valence-corrected chi connectivity index (χ1v) is 9.02. The number of piperazine rings is 1. The van der Waals surface area contributed by atoms with E-state index < -0.39 is 0 Å². The average Bonchev–Trinajstić information content (AvgIpc) is 2.66. The topological polar surface area (TPSA) is 33.7 Å². The molecule has 1 aliphatic rings. The Morgan fingerprint density at radius 3 is 2.32 bits per heavy atom. The van der Waals surface area contributed by atoms with Gasteiger partial charge < -0.3 is 14.8 Å². The van der Waals surface area contributed by atoms with Gasteiger partial charge in [-0.2, -0.15) is 0 Å². The molecule has 1 aliphatic heterocycles. The average molecular weight is 381 g/mol. The van der Waals surface area contributed by atoms with Crippen molar-refractivity contribution in [1.29, 1.82) is 0 Å². The van der Waals surface area contributed by atoms with E-state index in [9.17, 15) is 0 Å². The van der Waals surface area contributed by atoms with E-state index in [2.05, 4.69) is 16.3 Å². The van der Waals surface area contributed by atoms with Gasteiger partial charge in [0, 0.05) is 31.7 Å². The van der Waals surface area contributed by atoms with Crippen LogP contribution in [0.4, 0.5) is 0 Å². The molecule has 3 rings (SSSR count). The Morgan fingerprint density at radius 2 is 1.64 bits per heavy atom. The SMILES string of the molecule is COc1cccc(C(c2cccc(Cl)c2Cl)N2CCNCC2)c1OC. The molecule has 1 fully saturated rings. The fourth-order valence-electron chi connectivity index (χ4n) is 3.36. The molecule has 0 bridgehead atoms. The molecule has 1 saturated heterocycles. The highest BCUT2D eigenvalue weighted by atomic mass is 35.5. The highest BCUT2D eigenvalue weighted by Crippen LogP contribution is 2.43. The van der Waals surface area contributed by atoms with E-state index in [1.807, 2.05) is 30.3 Å². The molecule has 2 aromatic rings. The minimum absolute atomic E-state index is 0.0571. The second kappa shape index (κ2) is 8.28. The molecular formula is C19H22Cl2N2O2. The zero-order chi connectivity index (χ0) is 17.8. The van der Waals surface area contributed by atoms with Crippen LogP contribution >= 0.6 is 23.2 Å². The maximum atomic E-state index is 6.58. The molecule has 0 aliphatic carbocycles. The first-order valence-electron chi connectivity index (χ1n) is 8.27. The monoisotopic (exact) mass is 380 g/mol. The van der Waals surface area contributed by atoms with Gasteiger partial charge in [-0.3, -0.25) is 4.90 Å². The third-order valence-electron chi connectivity index (χ3n) is 4.52. The van der Waals surface area contributed by atoms with Crippen LogP contribution < -0.4 is 14.8 Å². The van der Waals surface area contributed by atoms with E-state index in [4.69, 9.17) is 32.7 Å². The number of methoxy groups -OCH3 is 2. The number of hydrogen-bond acceptors (Lipinski definition) is 4. The predicted molar refractivity (Wildman–Crippen MR) is 102 cm³/mol. The van der Waals surface area contributed by atoms with Gasteiger partial charge in [0.1, 0.15) is 0 Å². The molecule has 0 amide bonds. The molecule has 0 radical (unpaired) electrons. The molecule has 2 aromatic carbocycles. The lowest BCUT2D eigenvalue weighted by Crippen LogP contribution is -2.45. The molecule has 6 heteroatoms. The Kier molecular flexibility index (Phi) is 6.07. The second-order valence-electron chi connectivity index (χ2n) is 5.91. The Labute approximate surface area is 158 Å². The fourth-order valence-corrected chi connectivity index (χ4v) is 3.77. The molecule has 1 unspecified atom stereocenters. The molecule has 134 valence electrons. The molecule has 0 spiro atoms. The van der Waals surface area contributed by atoms with Gasteiger partial charge in [-0.15, -0.1) is 0 Å². The minimum atomic E-state index is -0.0571. The highest BCUT2D eigenvalue weighted by Gasteiger charge is 2.29. The molecule has 4 nitrogen and oxygen atoms in total. The summed E-state index contributed by atoms with van der Waals surface area (Å²) >= 11 is 12.9. The van der Waals surface area contributed by atoms with Crippen molar-refractivity contribution < 1.29 is 9.47 Å². The summed E-state index contributed by atoms with van der Waals surface area (Å²) in [6.07, 6.45) is 0. The van der Waals surface area contributed by atoms with E-state index in [1.165, 1.54) is 0 Å². The zero-order valence-corrected chi connectivity index (χ0v) is 15.9. The largest absolute Gasteiger partial charge is 0.493 e. The second-order valence-corrected chi connectivity index (χ2v) is 6.70. The van der Waals surface area contributed by atoms with E-state index >= 15 is 0 Å². The Balaban J connectivity index is 2.16. The van der Waals surface area contributed by atoms with Crippen molar-refractivity contribution in [2.24, 2.45) is 0 Å². The van der Waals surface area contributed by atoms with Gasteiger partial charge in [-0.25, -0.2) is 0 Å². The van der Waals surface area contributed by atoms with Gasteiger partial charge in [0.15, 0.2) is 11.5 Å². The number of rotatable bonds is 5. The minimum Gasteiger partial charge on any atom is -0.493 e. The van der Waals surface area contributed by atoms with Crippen LogP contribution in [-0.4, -0.2) is 45.3 Å². The lowest BCUT2D eigenvalue weighted by Gasteiger charge is -2.36. The van der Waals surface area contributed by atoms with Crippen molar-refractivity contribution in [3.8, 4) is 11.5 Å². The van der Waals surface area contributed by atoms with Crippen molar-refractivity contribution in [3.63, 3.8) is 0 Å². The zero-order valence-electron chi connectivity index (χ0n) is 14.4. The van der Waals surface area contributed by atoms with Crippen LogP contribution in [-0.2, 0) is 0 Å². The van der Waals surface area contributed by atoms with Crippen LogP contribution in [0.25, 0.3) is 0 Å². The number of ether oxygens (including phenoxy) is 2. The van der Waals surface area contributed by atoms with Gasteiger partial charge in [0.2, 0.25) is 0 Å². The predicted octanol–water partition coefficient (Wildman–Crippen LogP) is 4.01. The molecule has 1 atom stereocenters. The van der Waals surface area contributed by atoms with E-state index in [1.54, 1.807) is 14.2 Å². The highest BCUT2D eigenvalue weighted by molar-refractivity contribution is 6.42. The molecule has 1 N–H and O–H groups in total. The molecule has 0 aromatic heterocycles. The lowest BCUT2D eigenvalue weighted by atomic mass is 9.95. The number of nitrogens with one attached hydrogen (secondary N) is 1. The van der Waals surface area contributed by atoms with Gasteiger partial charge in [-0.1, -0.05) is 47.5 Å². The van der Waals surface area contributed by atoms with Gasteiger partial charge in [0.05, 0.1) is 30.3 Å². The van der Waals surface area contributed by atoms with Crippen LogP contribution in [0.1, 0.15) is 17.2 Å². The fraction of sp³-hybridized carbons (Fsp3) is 0.368. The molecule has 0 saturated carbocycles. The number of benzene rings is 2. The van der Waals surface area contributed by atoms with Crippen LogP contribution in [0.5, 0.6) is 11.5 Å². The van der Waals surface area contributed by atoms with Crippen LogP contribution in [0.2, 0.25) is 10.0 Å². The standard InChI is InChI=1S/C19H22Cl2N2O2/c1-24-16-8-4-6-14(19(16)25-2)18(23-11-9-22-10-12-23)13-5-3-7-15(20)17(13)21/h3-8,18,22H,9-12H2,1-2H3. The smallest absolute Gasteiger partial charge is 0.165 e. The van der Waals surface area contributed by atoms with Crippen molar-refractivity contribution in [2.45, 2.75) is 6.04 Å². The summed E-state index contributed by atoms with van der Waals surface area (Å²) in [5.74, 6) is 1.43. The lowest BCUT2D eigenvalue weighted by molar-refractivity contribution is 0.194. The maximum absolute atomic E-state index is 6.58. The quantitative estimate of drug-likeness (QED) is 0.849. The summed E-state index contributed by atoms with van der Waals surface area (Å²) < 4.78 is 11.2. The van der Waals surface area contributed by atoms with Crippen molar-refractivity contribution in [3.05, 3.63) is 57.6 Å². The first kappa shape index (κ1) is 18.3. The van der Waals surface area contributed by atoms with Gasteiger partial charge in [-0.05, 0) is 17.7 Å². The molecular weight excluding hydrogens is 359 g/mol. The summed E-state index contributed by atoms with van der Waals surface area (Å²) in [7, 11) is 3.31. The number of para-hydroxylation sites is 1. The van der Waals surface area contributed by atoms with E-state index in [-0.39, 0.29) is 6.04 Å². The number of hydrogen-bond donors (Lipinski definition) is 1. The summed E-state index contributed by atoms with van der Waals surface area (Å²) in [5.41, 5.74) is 2.00. The van der Waals surface area contributed by atoms with E-state index in [0.29, 0.717) is 15.8 Å². The van der Waals surface area contributed by atoms with E-state index in [0.717, 1.165) is 43.1 Å². The molecule has 1 heterocycles. The van der Waals surface area contributed by atoms with Crippen LogP contribution in [0.15, 0.2) is 36.4 Å². The summed E-state index contributed by atoms with van der Waals surface area (Å²) in [6.45, 7) is 3.68. The normalized spacial score (nSPS) is 16.5. The summed E-state index contributed by atoms with van der Waals surface area (Å²) in [4.78, 5) is 2.39. The van der Waals surface area contributed by atoms with Gasteiger partial charge in [0.25, 0.3) is 0 Å². The van der Waals surface area contributed by atoms with Crippen molar-refractivity contribution in [1.82, 2.24) is 10.2 Å². The number of halogens is 2. The van der Waals surface area contributed by atoms with Gasteiger partial charge >= 0.3 is 0 Å². The third-order valence-corrected chi connectivity index (χ3v) is 5.35. The Bertz CT molecular complexity index is 733. The molecule has 25 heavy (non-hydrogen) atoms.